The number of carbonyl (C=O) groups excluding carboxylic acids is 1. The molecule has 0 radical (unpaired) electrons. The van der Waals surface area contributed by atoms with Crippen LogP contribution in [0.3, 0.4) is 0 Å². The standard InChI is InChI=1S/C15H24N2O2S/c1-6-19-14(18)15(4,16-5)7-8-20-13-10-11(2)9-12(3)17-13/h9-10,16H,6-8H2,1-5H3. The van der Waals surface area contributed by atoms with E-state index in [1.165, 1.54) is 5.56 Å². The third-order valence-electron chi connectivity index (χ3n) is 3.20. The van der Waals surface area contributed by atoms with E-state index in [1.54, 1.807) is 18.8 Å². The van der Waals surface area contributed by atoms with Crippen molar-refractivity contribution in [3.8, 4) is 0 Å². The SMILES string of the molecule is CCOC(=O)C(C)(CCSc1cc(C)cc(C)n1)NC. The van der Waals surface area contributed by atoms with Gasteiger partial charge in [0.05, 0.1) is 11.6 Å². The second-order valence-corrected chi connectivity index (χ2v) is 6.14. The Bertz CT molecular complexity index is 445. The summed E-state index contributed by atoms with van der Waals surface area (Å²) in [6.07, 6.45) is 0.696. The van der Waals surface area contributed by atoms with Gasteiger partial charge in [-0.3, -0.25) is 4.79 Å². The molecule has 0 aromatic carbocycles. The topological polar surface area (TPSA) is 51.2 Å². The van der Waals surface area contributed by atoms with Crippen LogP contribution in [0, 0.1) is 13.8 Å². The van der Waals surface area contributed by atoms with Crippen LogP contribution in [0.5, 0.6) is 0 Å². The fourth-order valence-corrected chi connectivity index (χ4v) is 3.05. The molecule has 1 rings (SSSR count). The zero-order chi connectivity index (χ0) is 15.2. The molecule has 1 aromatic heterocycles. The van der Waals surface area contributed by atoms with Gasteiger partial charge in [0, 0.05) is 11.4 Å². The lowest BCUT2D eigenvalue weighted by Gasteiger charge is -2.26. The number of ether oxygens (including phenoxy) is 1. The number of likely N-dealkylation sites (N-methyl/N-ethyl adjacent to an activating group) is 1. The number of carbonyl (C=O) groups is 1. The number of aryl methyl sites for hydroxylation is 2. The van der Waals surface area contributed by atoms with E-state index in [0.29, 0.717) is 13.0 Å². The van der Waals surface area contributed by atoms with Crippen LogP contribution >= 0.6 is 11.8 Å². The van der Waals surface area contributed by atoms with E-state index in [1.807, 2.05) is 20.8 Å². The number of hydrogen-bond donors (Lipinski definition) is 1. The van der Waals surface area contributed by atoms with Gasteiger partial charge in [0.15, 0.2) is 0 Å². The summed E-state index contributed by atoms with van der Waals surface area (Å²) in [5.41, 5.74) is 1.60. The lowest BCUT2D eigenvalue weighted by molar-refractivity contribution is -0.150. The molecular weight excluding hydrogens is 272 g/mol. The molecule has 0 saturated heterocycles. The molecule has 1 unspecified atom stereocenters. The van der Waals surface area contributed by atoms with Crippen LogP contribution in [0.1, 0.15) is 31.5 Å². The molecule has 1 heterocycles. The quantitative estimate of drug-likeness (QED) is 0.619. The second-order valence-electron chi connectivity index (χ2n) is 5.03. The molecule has 112 valence electrons. The molecule has 4 nitrogen and oxygen atoms in total. The highest BCUT2D eigenvalue weighted by molar-refractivity contribution is 7.99. The third-order valence-corrected chi connectivity index (χ3v) is 4.12. The molecule has 0 fully saturated rings. The third kappa shape index (κ3) is 4.80. The number of thioether (sulfide) groups is 1. The summed E-state index contributed by atoms with van der Waals surface area (Å²) in [6, 6.07) is 4.12. The van der Waals surface area contributed by atoms with Gasteiger partial charge in [0.2, 0.25) is 0 Å². The van der Waals surface area contributed by atoms with Gasteiger partial charge in [-0.2, -0.15) is 0 Å². The van der Waals surface area contributed by atoms with Crippen LogP contribution in [0.2, 0.25) is 0 Å². The molecule has 0 aliphatic heterocycles. The molecule has 20 heavy (non-hydrogen) atoms. The van der Waals surface area contributed by atoms with Gasteiger partial charge in [0.25, 0.3) is 0 Å². The largest absolute Gasteiger partial charge is 0.465 e. The van der Waals surface area contributed by atoms with Crippen molar-refractivity contribution in [2.24, 2.45) is 0 Å². The number of rotatable bonds is 7. The van der Waals surface area contributed by atoms with E-state index in [0.717, 1.165) is 16.5 Å². The molecule has 1 aromatic rings. The van der Waals surface area contributed by atoms with Crippen LogP contribution < -0.4 is 5.32 Å². The van der Waals surface area contributed by atoms with Gasteiger partial charge in [-0.05, 0) is 58.9 Å². The van der Waals surface area contributed by atoms with E-state index >= 15 is 0 Å². The van der Waals surface area contributed by atoms with Crippen molar-refractivity contribution in [1.82, 2.24) is 10.3 Å². The molecule has 0 amide bonds. The predicted octanol–water partition coefficient (Wildman–Crippen LogP) is 2.72. The van der Waals surface area contributed by atoms with Crippen molar-refractivity contribution in [1.29, 1.82) is 0 Å². The van der Waals surface area contributed by atoms with Crippen LogP contribution in [-0.2, 0) is 9.53 Å². The lowest BCUT2D eigenvalue weighted by atomic mass is 10.00. The first kappa shape index (κ1) is 17.0. The number of nitrogens with one attached hydrogen (secondary N) is 1. The van der Waals surface area contributed by atoms with Crippen LogP contribution in [0.4, 0.5) is 0 Å². The minimum absolute atomic E-state index is 0.198. The zero-order valence-electron chi connectivity index (χ0n) is 12.9. The normalized spacial score (nSPS) is 13.8. The smallest absolute Gasteiger partial charge is 0.326 e. The minimum Gasteiger partial charge on any atom is -0.465 e. The summed E-state index contributed by atoms with van der Waals surface area (Å²) in [4.78, 5) is 16.4. The van der Waals surface area contributed by atoms with E-state index in [-0.39, 0.29) is 5.97 Å². The zero-order valence-corrected chi connectivity index (χ0v) is 13.8. The Labute approximate surface area is 125 Å². The van der Waals surface area contributed by atoms with E-state index in [4.69, 9.17) is 4.74 Å². The summed E-state index contributed by atoms with van der Waals surface area (Å²) in [5, 5.41) is 4.07. The molecule has 0 aliphatic rings. The average Bonchev–Trinajstić information content (AvgIpc) is 2.37. The van der Waals surface area contributed by atoms with Crippen molar-refractivity contribution >= 4 is 17.7 Å². The summed E-state index contributed by atoms with van der Waals surface area (Å²) in [7, 11) is 1.79. The maximum atomic E-state index is 11.9. The Hall–Kier alpha value is -1.07. The van der Waals surface area contributed by atoms with Gasteiger partial charge in [-0.15, -0.1) is 11.8 Å². The second kappa shape index (κ2) is 7.64. The molecular formula is C15H24N2O2S. The fourth-order valence-electron chi connectivity index (χ4n) is 1.86. The Morgan fingerprint density at radius 3 is 2.70 bits per heavy atom. The molecule has 0 spiro atoms. The van der Waals surface area contributed by atoms with Crippen LogP contribution in [-0.4, -0.2) is 35.9 Å². The van der Waals surface area contributed by atoms with Gasteiger partial charge >= 0.3 is 5.97 Å². The van der Waals surface area contributed by atoms with Crippen LogP contribution in [0.25, 0.3) is 0 Å². The molecule has 0 bridgehead atoms. The molecule has 1 atom stereocenters. The van der Waals surface area contributed by atoms with Gasteiger partial charge in [-0.1, -0.05) is 0 Å². The molecule has 0 aliphatic carbocycles. The summed E-state index contributed by atoms with van der Waals surface area (Å²) < 4.78 is 5.11. The summed E-state index contributed by atoms with van der Waals surface area (Å²) >= 11 is 1.67. The Kier molecular flexibility index (Phi) is 6.49. The Morgan fingerprint density at radius 2 is 2.15 bits per heavy atom. The number of pyridine rings is 1. The summed E-state index contributed by atoms with van der Waals surface area (Å²) in [6.45, 7) is 8.16. The first-order chi connectivity index (χ1) is 9.41. The first-order valence-corrected chi connectivity index (χ1v) is 7.84. The highest BCUT2D eigenvalue weighted by atomic mass is 32.2. The Balaban J connectivity index is 2.59. The lowest BCUT2D eigenvalue weighted by Crippen LogP contribution is -2.49. The average molecular weight is 296 g/mol. The van der Waals surface area contributed by atoms with Gasteiger partial charge in [-0.25, -0.2) is 4.98 Å². The van der Waals surface area contributed by atoms with Crippen molar-refractivity contribution in [2.75, 3.05) is 19.4 Å². The number of esters is 1. The Morgan fingerprint density at radius 1 is 1.45 bits per heavy atom. The number of nitrogens with zero attached hydrogens (tertiary/aromatic N) is 1. The number of hydrogen-bond acceptors (Lipinski definition) is 5. The fraction of sp³-hybridized carbons (Fsp3) is 0.600. The summed E-state index contributed by atoms with van der Waals surface area (Å²) in [5.74, 6) is 0.614. The van der Waals surface area contributed by atoms with Gasteiger partial charge in [0.1, 0.15) is 5.54 Å². The maximum absolute atomic E-state index is 11.9. The van der Waals surface area contributed by atoms with Crippen molar-refractivity contribution in [3.05, 3.63) is 23.4 Å². The van der Waals surface area contributed by atoms with Crippen LogP contribution in [0.15, 0.2) is 17.2 Å². The van der Waals surface area contributed by atoms with Gasteiger partial charge < -0.3 is 10.1 Å². The maximum Gasteiger partial charge on any atom is 0.326 e. The van der Waals surface area contributed by atoms with E-state index in [9.17, 15) is 4.79 Å². The van der Waals surface area contributed by atoms with Crippen molar-refractivity contribution in [2.45, 2.75) is 44.7 Å². The predicted molar refractivity (Wildman–Crippen MR) is 83.1 cm³/mol. The highest BCUT2D eigenvalue weighted by Crippen LogP contribution is 2.22. The number of aromatic nitrogens is 1. The van der Waals surface area contributed by atoms with E-state index in [2.05, 4.69) is 29.4 Å². The first-order valence-electron chi connectivity index (χ1n) is 6.85. The highest BCUT2D eigenvalue weighted by Gasteiger charge is 2.32. The van der Waals surface area contributed by atoms with Crippen molar-refractivity contribution < 1.29 is 9.53 Å². The van der Waals surface area contributed by atoms with Crippen molar-refractivity contribution in [3.63, 3.8) is 0 Å². The monoisotopic (exact) mass is 296 g/mol. The van der Waals surface area contributed by atoms with E-state index < -0.39 is 5.54 Å². The molecule has 1 N–H and O–H groups in total. The minimum atomic E-state index is -0.637. The molecule has 5 heteroatoms. The molecule has 0 saturated carbocycles.